The summed E-state index contributed by atoms with van der Waals surface area (Å²) in [6.45, 7) is 9.11. The van der Waals surface area contributed by atoms with Crippen molar-refractivity contribution in [2.45, 2.75) is 77.7 Å². The monoisotopic (exact) mass is 387 g/mol. The van der Waals surface area contributed by atoms with Crippen LogP contribution in [-0.4, -0.2) is 13.1 Å². The van der Waals surface area contributed by atoms with E-state index < -0.39 is 0 Å². The van der Waals surface area contributed by atoms with Crippen molar-refractivity contribution in [1.82, 2.24) is 5.32 Å². The van der Waals surface area contributed by atoms with E-state index in [1.165, 1.54) is 36.8 Å². The third-order valence-corrected chi connectivity index (χ3v) is 6.55. The number of hydrogen-bond donors (Lipinski definition) is 1. The van der Waals surface area contributed by atoms with Crippen molar-refractivity contribution >= 4 is 0 Å². The first-order valence-electron chi connectivity index (χ1n) is 11.4. The van der Waals surface area contributed by atoms with E-state index in [4.69, 9.17) is 0 Å². The lowest BCUT2D eigenvalue weighted by molar-refractivity contribution is 0.346. The molecule has 2 aromatic rings. The third-order valence-electron chi connectivity index (χ3n) is 6.55. The molecule has 1 aliphatic rings. The molecule has 0 bridgehead atoms. The molecular formula is C28H37N. The van der Waals surface area contributed by atoms with Gasteiger partial charge < -0.3 is 5.32 Å². The SMILES string of the molecule is CNC(C)Cc1cc(C#Cc2ccc(C(C)C)cc2)ccc1C1CCC(C)CC1. The van der Waals surface area contributed by atoms with Gasteiger partial charge in [0.05, 0.1) is 0 Å². The molecule has 0 amide bonds. The topological polar surface area (TPSA) is 12.0 Å². The van der Waals surface area contributed by atoms with Gasteiger partial charge >= 0.3 is 0 Å². The summed E-state index contributed by atoms with van der Waals surface area (Å²) in [5, 5.41) is 3.41. The summed E-state index contributed by atoms with van der Waals surface area (Å²) in [4.78, 5) is 0. The summed E-state index contributed by atoms with van der Waals surface area (Å²) in [7, 11) is 2.05. The Morgan fingerprint density at radius 3 is 2.14 bits per heavy atom. The zero-order valence-electron chi connectivity index (χ0n) is 18.9. The van der Waals surface area contributed by atoms with Gasteiger partial charge in [0.25, 0.3) is 0 Å². The maximum absolute atomic E-state index is 3.41. The highest BCUT2D eigenvalue weighted by Crippen LogP contribution is 2.37. The van der Waals surface area contributed by atoms with Crippen molar-refractivity contribution in [1.29, 1.82) is 0 Å². The molecular weight excluding hydrogens is 350 g/mol. The Morgan fingerprint density at radius 1 is 0.897 bits per heavy atom. The van der Waals surface area contributed by atoms with Gasteiger partial charge in [0, 0.05) is 17.2 Å². The summed E-state index contributed by atoms with van der Waals surface area (Å²) >= 11 is 0. The van der Waals surface area contributed by atoms with Crippen LogP contribution in [0, 0.1) is 17.8 Å². The van der Waals surface area contributed by atoms with E-state index >= 15 is 0 Å². The smallest absolute Gasteiger partial charge is 0.0251 e. The molecule has 154 valence electrons. The first-order chi connectivity index (χ1) is 14.0. The standard InChI is InChI=1S/C28H37N/c1-20(2)25-15-10-23(11-16-25)8-9-24-12-17-28(26-13-6-21(3)7-14-26)27(19-24)18-22(4)29-5/h10-12,15-17,19-22,26,29H,6-7,13-14,18H2,1-5H3. The first-order valence-corrected chi connectivity index (χ1v) is 11.4. The lowest BCUT2D eigenvalue weighted by Crippen LogP contribution is -2.24. The van der Waals surface area contributed by atoms with Crippen LogP contribution in [0.1, 0.15) is 93.0 Å². The zero-order chi connectivity index (χ0) is 20.8. The van der Waals surface area contributed by atoms with Crippen LogP contribution in [0.2, 0.25) is 0 Å². The maximum Gasteiger partial charge on any atom is 0.0251 e. The minimum absolute atomic E-state index is 0.475. The molecule has 1 atom stereocenters. The third kappa shape index (κ3) is 5.97. The molecule has 1 fully saturated rings. The fourth-order valence-corrected chi connectivity index (χ4v) is 4.36. The molecule has 1 N–H and O–H groups in total. The van der Waals surface area contributed by atoms with Crippen molar-refractivity contribution in [3.63, 3.8) is 0 Å². The molecule has 2 aromatic carbocycles. The Hall–Kier alpha value is -2.04. The van der Waals surface area contributed by atoms with Gasteiger partial charge in [-0.15, -0.1) is 0 Å². The van der Waals surface area contributed by atoms with Gasteiger partial charge in [-0.05, 0) is 91.9 Å². The van der Waals surface area contributed by atoms with E-state index in [1.54, 1.807) is 5.56 Å². The van der Waals surface area contributed by atoms with E-state index in [1.807, 2.05) is 0 Å². The van der Waals surface area contributed by atoms with E-state index in [0.717, 1.165) is 29.4 Å². The van der Waals surface area contributed by atoms with Crippen molar-refractivity contribution < 1.29 is 0 Å². The van der Waals surface area contributed by atoms with Crippen molar-refractivity contribution in [2.24, 2.45) is 5.92 Å². The minimum atomic E-state index is 0.475. The van der Waals surface area contributed by atoms with E-state index in [-0.39, 0.29) is 0 Å². The molecule has 0 aliphatic heterocycles. The molecule has 1 saturated carbocycles. The highest BCUT2D eigenvalue weighted by atomic mass is 14.8. The summed E-state index contributed by atoms with van der Waals surface area (Å²) in [5.41, 5.74) is 6.62. The highest BCUT2D eigenvalue weighted by molar-refractivity contribution is 5.47. The Kier molecular flexibility index (Phi) is 7.57. The molecule has 3 rings (SSSR count). The average molecular weight is 388 g/mol. The fraction of sp³-hybridized carbons (Fsp3) is 0.500. The zero-order valence-corrected chi connectivity index (χ0v) is 18.9. The van der Waals surface area contributed by atoms with Crippen LogP contribution in [0.3, 0.4) is 0 Å². The van der Waals surface area contributed by atoms with E-state index in [9.17, 15) is 0 Å². The minimum Gasteiger partial charge on any atom is -0.317 e. The Labute approximate surface area is 178 Å². The molecule has 0 heterocycles. The second kappa shape index (κ2) is 10.1. The quantitative estimate of drug-likeness (QED) is 0.566. The normalized spacial score (nSPS) is 20.2. The summed E-state index contributed by atoms with van der Waals surface area (Å²) in [5.74, 6) is 8.93. The summed E-state index contributed by atoms with van der Waals surface area (Å²) < 4.78 is 0. The lowest BCUT2D eigenvalue weighted by Gasteiger charge is -2.28. The molecule has 0 radical (unpaired) electrons. The van der Waals surface area contributed by atoms with Crippen molar-refractivity contribution in [2.75, 3.05) is 7.05 Å². The number of benzene rings is 2. The van der Waals surface area contributed by atoms with Gasteiger partial charge in [-0.25, -0.2) is 0 Å². The van der Waals surface area contributed by atoms with Crippen LogP contribution < -0.4 is 5.32 Å². The Bertz CT molecular complexity index is 842. The van der Waals surface area contributed by atoms with Crippen LogP contribution in [0.15, 0.2) is 42.5 Å². The molecule has 1 nitrogen and oxygen atoms in total. The summed E-state index contributed by atoms with van der Waals surface area (Å²) in [6, 6.07) is 16.1. The second-order valence-corrected chi connectivity index (χ2v) is 9.29. The summed E-state index contributed by atoms with van der Waals surface area (Å²) in [6.07, 6.45) is 6.44. The molecule has 1 heteroatoms. The van der Waals surface area contributed by atoms with Crippen LogP contribution in [-0.2, 0) is 6.42 Å². The number of rotatable bonds is 5. The Balaban J connectivity index is 1.84. The number of nitrogens with one attached hydrogen (secondary N) is 1. The van der Waals surface area contributed by atoms with Crippen LogP contribution >= 0.6 is 0 Å². The molecule has 0 spiro atoms. The highest BCUT2D eigenvalue weighted by Gasteiger charge is 2.22. The van der Waals surface area contributed by atoms with Gasteiger partial charge in [-0.3, -0.25) is 0 Å². The van der Waals surface area contributed by atoms with Crippen LogP contribution in [0.25, 0.3) is 0 Å². The lowest BCUT2D eigenvalue weighted by atomic mass is 9.77. The average Bonchev–Trinajstić information content (AvgIpc) is 2.73. The number of hydrogen-bond acceptors (Lipinski definition) is 1. The molecule has 0 saturated heterocycles. The van der Waals surface area contributed by atoms with Crippen molar-refractivity contribution in [3.05, 3.63) is 70.3 Å². The van der Waals surface area contributed by atoms with Crippen LogP contribution in [0.5, 0.6) is 0 Å². The molecule has 0 aromatic heterocycles. The van der Waals surface area contributed by atoms with E-state index in [0.29, 0.717) is 12.0 Å². The largest absolute Gasteiger partial charge is 0.317 e. The fourth-order valence-electron chi connectivity index (χ4n) is 4.36. The van der Waals surface area contributed by atoms with Crippen LogP contribution in [0.4, 0.5) is 0 Å². The predicted molar refractivity (Wildman–Crippen MR) is 126 cm³/mol. The molecule has 1 aliphatic carbocycles. The van der Waals surface area contributed by atoms with Gasteiger partial charge in [0.2, 0.25) is 0 Å². The molecule has 29 heavy (non-hydrogen) atoms. The second-order valence-electron chi connectivity index (χ2n) is 9.29. The number of likely N-dealkylation sites (N-methyl/N-ethyl adjacent to an activating group) is 1. The first kappa shape index (κ1) is 21.7. The van der Waals surface area contributed by atoms with Gasteiger partial charge in [-0.2, -0.15) is 0 Å². The van der Waals surface area contributed by atoms with E-state index in [2.05, 4.69) is 94.4 Å². The Morgan fingerprint density at radius 2 is 1.52 bits per heavy atom. The van der Waals surface area contributed by atoms with Gasteiger partial charge in [0.1, 0.15) is 0 Å². The van der Waals surface area contributed by atoms with Gasteiger partial charge in [-0.1, -0.05) is 63.7 Å². The predicted octanol–water partition coefficient (Wildman–Crippen LogP) is 6.65. The van der Waals surface area contributed by atoms with Gasteiger partial charge in [0.15, 0.2) is 0 Å². The van der Waals surface area contributed by atoms with Crippen molar-refractivity contribution in [3.8, 4) is 11.8 Å². The maximum atomic E-state index is 3.41. The molecule has 1 unspecified atom stereocenters.